The molecule has 0 aromatic rings. The molecular weight excluding hydrogens is 434 g/mol. The highest BCUT2D eigenvalue weighted by molar-refractivity contribution is 7.98. The largest absolute Gasteiger partial charge is 0.480 e. The first kappa shape index (κ1) is 28.6. The highest BCUT2D eigenvalue weighted by atomic mass is 32.2. The average Bonchev–Trinajstić information content (AvgIpc) is 2.70. The third-order valence-corrected chi connectivity index (χ3v) is 4.79. The molecule has 5 atom stereocenters. The molecule has 0 aliphatic rings. The van der Waals surface area contributed by atoms with E-state index in [1.165, 1.54) is 18.7 Å². The molecule has 0 saturated carbocycles. The molecule has 178 valence electrons. The van der Waals surface area contributed by atoms with E-state index < -0.39 is 66.5 Å². The van der Waals surface area contributed by atoms with E-state index in [1.54, 1.807) is 6.26 Å². The van der Waals surface area contributed by atoms with Crippen LogP contribution in [0.2, 0.25) is 0 Å². The van der Waals surface area contributed by atoms with Gasteiger partial charge in [0.2, 0.25) is 23.6 Å². The smallest absolute Gasteiger partial charge is 0.326 e. The third kappa shape index (κ3) is 11.0. The van der Waals surface area contributed by atoms with Gasteiger partial charge in [0.25, 0.3) is 0 Å². The summed E-state index contributed by atoms with van der Waals surface area (Å²) >= 11 is 1.38. The van der Waals surface area contributed by atoms with Crippen molar-refractivity contribution < 1.29 is 39.3 Å². The van der Waals surface area contributed by atoms with Crippen LogP contribution >= 0.6 is 11.8 Å². The lowest BCUT2D eigenvalue weighted by Crippen LogP contribution is -2.60. The van der Waals surface area contributed by atoms with Crippen LogP contribution in [-0.2, 0) is 24.0 Å². The Morgan fingerprint density at radius 2 is 1.55 bits per heavy atom. The lowest BCUT2D eigenvalue weighted by molar-refractivity contribution is -0.142. The molecule has 0 aliphatic carbocycles. The summed E-state index contributed by atoms with van der Waals surface area (Å²) in [6.07, 6.45) is 0.256. The summed E-state index contributed by atoms with van der Waals surface area (Å²) in [6, 6.07) is -5.45. The van der Waals surface area contributed by atoms with Crippen molar-refractivity contribution in [2.45, 2.75) is 56.5 Å². The molecule has 0 saturated heterocycles. The van der Waals surface area contributed by atoms with Gasteiger partial charge in [-0.25, -0.2) is 4.79 Å². The number of primary amides is 1. The van der Waals surface area contributed by atoms with Crippen LogP contribution in [0.25, 0.3) is 0 Å². The van der Waals surface area contributed by atoms with E-state index in [-0.39, 0.29) is 19.3 Å². The minimum Gasteiger partial charge on any atom is -0.480 e. The molecular formula is C17H31N5O8S. The number of thioether (sulfide) groups is 1. The van der Waals surface area contributed by atoms with Crippen LogP contribution in [0.3, 0.4) is 0 Å². The topological polar surface area (TPSA) is 234 Å². The quantitative estimate of drug-likeness (QED) is 0.118. The molecule has 10 N–H and O–H groups in total. The maximum Gasteiger partial charge on any atom is 0.326 e. The molecule has 13 nitrogen and oxygen atoms in total. The van der Waals surface area contributed by atoms with Crippen LogP contribution in [0.1, 0.15) is 26.2 Å². The molecule has 31 heavy (non-hydrogen) atoms. The molecule has 0 bridgehead atoms. The third-order valence-electron chi connectivity index (χ3n) is 4.14. The van der Waals surface area contributed by atoms with Gasteiger partial charge in [0.1, 0.15) is 18.1 Å². The molecule has 5 unspecified atom stereocenters. The van der Waals surface area contributed by atoms with Crippen molar-refractivity contribution >= 4 is 41.4 Å². The van der Waals surface area contributed by atoms with Gasteiger partial charge in [-0.1, -0.05) is 0 Å². The Hall–Kier alpha value is -2.42. The number of aliphatic carboxylic acids is 1. The van der Waals surface area contributed by atoms with Gasteiger partial charge in [-0.15, -0.1) is 0 Å². The fraction of sp³-hybridized carbons (Fsp3) is 0.706. The zero-order valence-electron chi connectivity index (χ0n) is 17.4. The highest BCUT2D eigenvalue weighted by Gasteiger charge is 2.32. The van der Waals surface area contributed by atoms with Gasteiger partial charge in [0.15, 0.2) is 0 Å². The maximum absolute atomic E-state index is 12.5. The number of carbonyl (C=O) groups is 5. The zero-order chi connectivity index (χ0) is 24.1. The maximum atomic E-state index is 12.5. The Bertz CT molecular complexity index is 648. The fourth-order valence-corrected chi connectivity index (χ4v) is 2.79. The molecule has 0 aliphatic heterocycles. The van der Waals surface area contributed by atoms with Gasteiger partial charge < -0.3 is 42.7 Å². The van der Waals surface area contributed by atoms with Crippen molar-refractivity contribution in [1.29, 1.82) is 0 Å². The van der Waals surface area contributed by atoms with E-state index >= 15 is 0 Å². The van der Waals surface area contributed by atoms with Crippen LogP contribution in [0, 0.1) is 0 Å². The number of aliphatic hydroxyl groups excluding tert-OH is 2. The first-order valence-electron chi connectivity index (χ1n) is 9.40. The van der Waals surface area contributed by atoms with E-state index in [4.69, 9.17) is 11.5 Å². The van der Waals surface area contributed by atoms with E-state index in [1.807, 2.05) is 0 Å². The Balaban J connectivity index is 5.09. The number of carboxylic acids is 1. The van der Waals surface area contributed by atoms with Gasteiger partial charge in [0, 0.05) is 6.42 Å². The Morgan fingerprint density at radius 3 is 2.00 bits per heavy atom. The first-order chi connectivity index (χ1) is 14.4. The highest BCUT2D eigenvalue weighted by Crippen LogP contribution is 2.03. The van der Waals surface area contributed by atoms with Crippen LogP contribution in [0.5, 0.6) is 0 Å². The standard InChI is InChI=1S/C17H31N5O8S/c1-8(24)13(22-14(26)9(18)3-4-12(19)25)16(28)21-11(7-23)15(27)20-10(17(29)30)5-6-31-2/h8-11,13,23-24H,3-7,18H2,1-2H3,(H2,19,25)(H,20,27)(H,21,28)(H,22,26)(H,29,30). The number of hydrogen-bond acceptors (Lipinski definition) is 9. The number of carbonyl (C=O) groups excluding carboxylic acids is 4. The van der Waals surface area contributed by atoms with Crippen molar-refractivity contribution in [3.63, 3.8) is 0 Å². The first-order valence-corrected chi connectivity index (χ1v) is 10.8. The van der Waals surface area contributed by atoms with Gasteiger partial charge in [-0.3, -0.25) is 19.2 Å². The van der Waals surface area contributed by atoms with Crippen molar-refractivity contribution in [2.24, 2.45) is 11.5 Å². The molecule has 0 spiro atoms. The molecule has 0 rings (SSSR count). The number of rotatable bonds is 15. The number of aliphatic hydroxyl groups is 2. The molecule has 0 fully saturated rings. The van der Waals surface area contributed by atoms with Crippen LogP contribution in [-0.4, -0.2) is 93.8 Å². The second-order valence-corrected chi connectivity index (χ2v) is 7.75. The van der Waals surface area contributed by atoms with E-state index in [0.29, 0.717) is 5.75 Å². The van der Waals surface area contributed by atoms with E-state index in [9.17, 15) is 39.3 Å². The molecule has 4 amide bonds. The molecule has 0 aromatic heterocycles. The predicted octanol–water partition coefficient (Wildman–Crippen LogP) is -3.76. The lowest BCUT2D eigenvalue weighted by Gasteiger charge is -2.25. The minimum atomic E-state index is -1.53. The molecule has 0 radical (unpaired) electrons. The number of nitrogens with one attached hydrogen (secondary N) is 3. The predicted molar refractivity (Wildman–Crippen MR) is 112 cm³/mol. The number of amides is 4. The number of nitrogens with two attached hydrogens (primary N) is 2. The average molecular weight is 466 g/mol. The van der Waals surface area contributed by atoms with Gasteiger partial charge in [-0.2, -0.15) is 11.8 Å². The number of carboxylic acid groups (broad SMARTS) is 1. The zero-order valence-corrected chi connectivity index (χ0v) is 18.2. The Kier molecular flexibility index (Phi) is 13.4. The Labute approximate surface area is 183 Å². The van der Waals surface area contributed by atoms with Crippen molar-refractivity contribution in [3.8, 4) is 0 Å². The summed E-state index contributed by atoms with van der Waals surface area (Å²) in [6.45, 7) is 0.349. The summed E-state index contributed by atoms with van der Waals surface area (Å²) in [4.78, 5) is 58.9. The van der Waals surface area contributed by atoms with Crippen LogP contribution in [0.4, 0.5) is 0 Å². The summed E-state index contributed by atoms with van der Waals surface area (Å²) in [5.41, 5.74) is 10.6. The van der Waals surface area contributed by atoms with Crippen molar-refractivity contribution in [1.82, 2.24) is 16.0 Å². The summed E-state index contributed by atoms with van der Waals surface area (Å²) in [5.74, 6) is -4.27. The summed E-state index contributed by atoms with van der Waals surface area (Å²) in [7, 11) is 0. The fourth-order valence-electron chi connectivity index (χ4n) is 2.32. The normalized spacial score (nSPS) is 15.6. The molecule has 0 aromatic carbocycles. The van der Waals surface area contributed by atoms with Crippen molar-refractivity contribution in [2.75, 3.05) is 18.6 Å². The van der Waals surface area contributed by atoms with E-state index in [2.05, 4.69) is 16.0 Å². The second-order valence-electron chi connectivity index (χ2n) is 6.76. The minimum absolute atomic E-state index is 0.0798. The lowest BCUT2D eigenvalue weighted by atomic mass is 10.1. The Morgan fingerprint density at radius 1 is 0.968 bits per heavy atom. The van der Waals surface area contributed by atoms with Gasteiger partial charge in [0.05, 0.1) is 18.8 Å². The van der Waals surface area contributed by atoms with E-state index in [0.717, 1.165) is 0 Å². The SMILES string of the molecule is CSCCC(NC(=O)C(CO)NC(=O)C(NC(=O)C(N)CCC(N)=O)C(C)O)C(=O)O. The monoisotopic (exact) mass is 465 g/mol. The van der Waals surface area contributed by atoms with Crippen LogP contribution < -0.4 is 27.4 Å². The summed E-state index contributed by atoms with van der Waals surface area (Å²) in [5, 5.41) is 35.0. The molecule has 0 heterocycles. The molecule has 14 heteroatoms. The van der Waals surface area contributed by atoms with Crippen LogP contribution in [0.15, 0.2) is 0 Å². The number of hydrogen-bond donors (Lipinski definition) is 8. The van der Waals surface area contributed by atoms with Gasteiger partial charge in [-0.05, 0) is 31.8 Å². The second kappa shape index (κ2) is 14.6. The van der Waals surface area contributed by atoms with Gasteiger partial charge >= 0.3 is 5.97 Å². The van der Waals surface area contributed by atoms with Crippen molar-refractivity contribution in [3.05, 3.63) is 0 Å². The summed E-state index contributed by atoms with van der Waals surface area (Å²) < 4.78 is 0.